The van der Waals surface area contributed by atoms with Crippen LogP contribution in [0.1, 0.15) is 29.2 Å². The fraction of sp³-hybridized carbons (Fsp3) is 0.440. The molecule has 4 aromatic rings. The van der Waals surface area contributed by atoms with Crippen molar-refractivity contribution in [3.63, 3.8) is 0 Å². The van der Waals surface area contributed by atoms with Crippen molar-refractivity contribution in [2.24, 2.45) is 0 Å². The number of methoxy groups -OCH3 is 2. The van der Waals surface area contributed by atoms with Crippen LogP contribution < -0.4 is 10.6 Å². The molecule has 1 aliphatic carbocycles. The van der Waals surface area contributed by atoms with E-state index < -0.39 is 0 Å². The molecule has 6 rings (SSSR count). The molecule has 2 N–H and O–H groups in total. The van der Waals surface area contributed by atoms with E-state index in [1.807, 2.05) is 25.2 Å². The zero-order valence-corrected chi connectivity index (χ0v) is 20.5. The van der Waals surface area contributed by atoms with Crippen LogP contribution in [0.4, 0.5) is 5.82 Å². The monoisotopic (exact) mass is 491 g/mol. The van der Waals surface area contributed by atoms with Gasteiger partial charge in [-0.25, -0.2) is 9.97 Å². The molecule has 36 heavy (non-hydrogen) atoms. The van der Waals surface area contributed by atoms with Crippen molar-refractivity contribution in [2.75, 3.05) is 39.8 Å². The average molecular weight is 492 g/mol. The van der Waals surface area contributed by atoms with Crippen molar-refractivity contribution in [3.05, 3.63) is 42.4 Å². The van der Waals surface area contributed by atoms with Gasteiger partial charge < -0.3 is 29.4 Å². The van der Waals surface area contributed by atoms with E-state index in [1.54, 1.807) is 31.1 Å². The molecule has 2 aliphatic rings. The Morgan fingerprint density at radius 3 is 2.78 bits per heavy atom. The molecule has 4 atom stereocenters. The summed E-state index contributed by atoms with van der Waals surface area (Å²) in [5, 5.41) is 11.7. The first-order valence-electron chi connectivity index (χ1n) is 12.1. The van der Waals surface area contributed by atoms with E-state index in [0.717, 1.165) is 35.3 Å². The topological polar surface area (TPSA) is 117 Å². The summed E-state index contributed by atoms with van der Waals surface area (Å²) in [6, 6.07) is 5.87. The highest BCUT2D eigenvalue weighted by atomic mass is 16.5. The Morgan fingerprint density at radius 2 is 2.03 bits per heavy atom. The van der Waals surface area contributed by atoms with E-state index in [4.69, 9.17) is 19.2 Å². The highest BCUT2D eigenvalue weighted by Gasteiger charge is 2.34. The molecule has 11 heteroatoms. The van der Waals surface area contributed by atoms with Crippen molar-refractivity contribution < 1.29 is 19.0 Å². The van der Waals surface area contributed by atoms with Crippen LogP contribution in [0.2, 0.25) is 0 Å². The number of amides is 1. The molecule has 2 fully saturated rings. The molecule has 0 spiro atoms. The van der Waals surface area contributed by atoms with Crippen molar-refractivity contribution in [1.82, 2.24) is 29.5 Å². The molecule has 0 bridgehead atoms. The molecular weight excluding hydrogens is 462 g/mol. The summed E-state index contributed by atoms with van der Waals surface area (Å²) in [6.07, 6.45) is 7.21. The zero-order chi connectivity index (χ0) is 24.8. The van der Waals surface area contributed by atoms with Crippen molar-refractivity contribution in [2.45, 2.75) is 37.1 Å². The van der Waals surface area contributed by atoms with Gasteiger partial charge in [-0.05, 0) is 25.0 Å². The number of pyridine rings is 1. The van der Waals surface area contributed by atoms with Gasteiger partial charge in [-0.2, -0.15) is 9.61 Å². The van der Waals surface area contributed by atoms with Gasteiger partial charge in [0.1, 0.15) is 23.1 Å². The van der Waals surface area contributed by atoms with Gasteiger partial charge in [-0.3, -0.25) is 4.79 Å². The minimum absolute atomic E-state index is 0.00108. The first kappa shape index (κ1) is 22.9. The summed E-state index contributed by atoms with van der Waals surface area (Å²) in [7, 11) is 5.19. The lowest BCUT2D eigenvalue weighted by Gasteiger charge is -2.35. The van der Waals surface area contributed by atoms with Gasteiger partial charge in [0.05, 0.1) is 43.3 Å². The molecular formula is C25H29N7O4. The number of carbonyl (C=O) groups excluding carboxylic acids is 1. The number of anilines is 1. The van der Waals surface area contributed by atoms with E-state index in [-0.39, 0.29) is 30.2 Å². The Hall–Kier alpha value is -3.54. The average Bonchev–Trinajstić information content (AvgIpc) is 3.62. The van der Waals surface area contributed by atoms with Gasteiger partial charge in [0, 0.05) is 50.7 Å². The number of aromatic nitrogens is 5. The summed E-state index contributed by atoms with van der Waals surface area (Å²) in [6.45, 7) is 1.08. The largest absolute Gasteiger partial charge is 0.379 e. The van der Waals surface area contributed by atoms with Gasteiger partial charge >= 0.3 is 0 Å². The fourth-order valence-corrected chi connectivity index (χ4v) is 5.15. The third kappa shape index (κ3) is 3.62. The smallest absolute Gasteiger partial charge is 0.257 e. The fourth-order valence-electron chi connectivity index (χ4n) is 5.15. The quantitative estimate of drug-likeness (QED) is 0.405. The number of hydrogen-bond donors (Lipinski definition) is 2. The van der Waals surface area contributed by atoms with Gasteiger partial charge in [0.15, 0.2) is 5.65 Å². The molecule has 0 aromatic carbocycles. The predicted octanol–water partition coefficient (Wildman–Crippen LogP) is 2.28. The number of carbonyl (C=O) groups is 1. The summed E-state index contributed by atoms with van der Waals surface area (Å²) in [4.78, 5) is 22.7. The van der Waals surface area contributed by atoms with Crippen molar-refractivity contribution in [3.8, 4) is 11.3 Å². The number of rotatable bonds is 7. The second kappa shape index (κ2) is 9.16. The lowest BCUT2D eigenvalue weighted by Crippen LogP contribution is -2.51. The lowest BCUT2D eigenvalue weighted by molar-refractivity contribution is 0.00732. The van der Waals surface area contributed by atoms with E-state index in [1.165, 1.54) is 0 Å². The summed E-state index contributed by atoms with van der Waals surface area (Å²) in [5.74, 6) is 0.509. The normalized spacial score (nSPS) is 23.8. The maximum absolute atomic E-state index is 13.2. The lowest BCUT2D eigenvalue weighted by atomic mass is 9.89. The van der Waals surface area contributed by atoms with Crippen molar-refractivity contribution >= 4 is 28.4 Å². The molecule has 11 nitrogen and oxygen atoms in total. The molecule has 188 valence electrons. The Balaban J connectivity index is 1.45. The van der Waals surface area contributed by atoms with Crippen molar-refractivity contribution in [1.29, 1.82) is 0 Å². The second-order valence-corrected chi connectivity index (χ2v) is 9.21. The van der Waals surface area contributed by atoms with Crippen LogP contribution in [-0.2, 0) is 14.2 Å². The minimum atomic E-state index is -0.210. The zero-order valence-electron chi connectivity index (χ0n) is 20.5. The first-order chi connectivity index (χ1) is 17.6. The highest BCUT2D eigenvalue weighted by Crippen LogP contribution is 2.35. The Morgan fingerprint density at radius 1 is 1.17 bits per heavy atom. The third-order valence-corrected chi connectivity index (χ3v) is 7.33. The number of ether oxygens (including phenoxy) is 3. The molecule has 4 aromatic heterocycles. The summed E-state index contributed by atoms with van der Waals surface area (Å²) < 4.78 is 20.6. The molecule has 1 amide bonds. The van der Waals surface area contributed by atoms with Gasteiger partial charge in [0.2, 0.25) is 0 Å². The maximum atomic E-state index is 13.2. The first-order valence-corrected chi connectivity index (χ1v) is 12.1. The van der Waals surface area contributed by atoms with E-state index in [0.29, 0.717) is 30.1 Å². The number of fused-ring (bicyclic) bond motifs is 2. The highest BCUT2D eigenvalue weighted by molar-refractivity contribution is 6.01. The van der Waals surface area contributed by atoms with Crippen LogP contribution >= 0.6 is 0 Å². The molecule has 0 radical (unpaired) electrons. The minimum Gasteiger partial charge on any atom is -0.379 e. The number of nitrogens with zero attached hydrogens (tertiary/aromatic N) is 5. The van der Waals surface area contributed by atoms with Crippen LogP contribution in [0.15, 0.2) is 36.8 Å². The standard InChI is InChI=1S/C25H29N7O4/c1-26-22-9-18(29-24-15(10-28-32(22)24)25(33)30-17-6-7-20(17)34-2)16-11-31(19-12-36-13-21(19)35-3)23-14(16)5-4-8-27-23/h4-5,8-11,17,19-21,26H,6-7,12-13H2,1-3H3,(H,30,33)/t17?,19-,20-,21-/m0/s1. The summed E-state index contributed by atoms with van der Waals surface area (Å²) >= 11 is 0. The van der Waals surface area contributed by atoms with E-state index >= 15 is 0 Å². The van der Waals surface area contributed by atoms with Crippen LogP contribution in [0.3, 0.4) is 0 Å². The van der Waals surface area contributed by atoms with Crippen LogP contribution in [0, 0.1) is 0 Å². The second-order valence-electron chi connectivity index (χ2n) is 9.21. The molecule has 1 unspecified atom stereocenters. The molecule has 5 heterocycles. The Labute approximate surface area is 207 Å². The molecule has 1 aliphatic heterocycles. The van der Waals surface area contributed by atoms with Crippen LogP contribution in [0.5, 0.6) is 0 Å². The Kier molecular flexibility index (Phi) is 5.82. The van der Waals surface area contributed by atoms with E-state index in [9.17, 15) is 4.79 Å². The molecule has 1 saturated heterocycles. The van der Waals surface area contributed by atoms with Gasteiger partial charge in [-0.15, -0.1) is 0 Å². The number of hydrogen-bond acceptors (Lipinski definition) is 8. The van der Waals surface area contributed by atoms with E-state index in [2.05, 4.69) is 31.5 Å². The van der Waals surface area contributed by atoms with Crippen LogP contribution in [-0.4, -0.2) is 82.8 Å². The van der Waals surface area contributed by atoms with Crippen LogP contribution in [0.25, 0.3) is 27.9 Å². The van der Waals surface area contributed by atoms with Gasteiger partial charge in [0.25, 0.3) is 5.91 Å². The Bertz CT molecular complexity index is 1430. The summed E-state index contributed by atoms with van der Waals surface area (Å²) in [5.41, 5.74) is 3.35. The maximum Gasteiger partial charge on any atom is 0.257 e. The SMILES string of the molecule is CNc1cc(-c2cn([C@H]3COC[C@@H]3OC)c3ncccc23)nc2c(C(=O)NC3CC[C@@H]3OC)cnn12. The third-order valence-electron chi connectivity index (χ3n) is 7.33. The number of nitrogens with one attached hydrogen (secondary N) is 2. The molecule has 1 saturated carbocycles. The predicted molar refractivity (Wildman–Crippen MR) is 133 cm³/mol. The van der Waals surface area contributed by atoms with Gasteiger partial charge in [-0.1, -0.05) is 0 Å².